The second-order valence-corrected chi connectivity index (χ2v) is 5.55. The second-order valence-electron chi connectivity index (χ2n) is 5.55. The van der Waals surface area contributed by atoms with Gasteiger partial charge in [-0.15, -0.1) is 0 Å². The van der Waals surface area contributed by atoms with Gasteiger partial charge < -0.3 is 0 Å². The van der Waals surface area contributed by atoms with E-state index < -0.39 is 39.8 Å². The van der Waals surface area contributed by atoms with E-state index in [-0.39, 0.29) is 24.0 Å². The van der Waals surface area contributed by atoms with Gasteiger partial charge in [0.2, 0.25) is 5.91 Å². The summed E-state index contributed by atoms with van der Waals surface area (Å²) in [6.45, 7) is 1.36. The molecule has 1 fully saturated rings. The summed E-state index contributed by atoms with van der Waals surface area (Å²) < 4.78 is 0. The third-order valence-electron chi connectivity index (χ3n) is 4.16. The lowest BCUT2D eigenvalue weighted by Crippen LogP contribution is -2.62. The van der Waals surface area contributed by atoms with Crippen molar-refractivity contribution in [3.8, 4) is 0 Å². The third kappa shape index (κ3) is 1.93. The minimum atomic E-state index is -1.56. The number of hydrogen-bond donors (Lipinski definition) is 1. The van der Waals surface area contributed by atoms with E-state index >= 15 is 0 Å². The number of nitrogens with one attached hydrogen (secondary N) is 1. The van der Waals surface area contributed by atoms with Crippen molar-refractivity contribution < 1.29 is 24.1 Å². The molecule has 1 aromatic rings. The van der Waals surface area contributed by atoms with E-state index in [9.17, 15) is 29.3 Å². The van der Waals surface area contributed by atoms with Gasteiger partial charge in [-0.05, 0) is 19.4 Å². The highest BCUT2D eigenvalue weighted by molar-refractivity contribution is 6.25. The number of amides is 4. The molecule has 0 saturated carbocycles. The van der Waals surface area contributed by atoms with E-state index in [2.05, 4.69) is 5.32 Å². The van der Waals surface area contributed by atoms with Gasteiger partial charge >= 0.3 is 0 Å². The Morgan fingerprint density at radius 2 is 1.91 bits per heavy atom. The zero-order chi connectivity index (χ0) is 16.9. The zero-order valence-corrected chi connectivity index (χ0v) is 12.0. The van der Waals surface area contributed by atoms with Crippen LogP contribution in [0.1, 0.15) is 40.5 Å². The summed E-state index contributed by atoms with van der Waals surface area (Å²) in [5.41, 5.74) is -2.49. The molecule has 1 atom stereocenters. The van der Waals surface area contributed by atoms with Crippen molar-refractivity contribution in [3.05, 3.63) is 39.4 Å². The lowest BCUT2D eigenvalue weighted by atomic mass is 9.89. The van der Waals surface area contributed by atoms with Gasteiger partial charge in [0, 0.05) is 12.5 Å². The van der Waals surface area contributed by atoms with Crippen LogP contribution in [0.25, 0.3) is 0 Å². The van der Waals surface area contributed by atoms with Crippen molar-refractivity contribution in [2.75, 3.05) is 0 Å². The molecule has 1 aromatic carbocycles. The Balaban J connectivity index is 2.11. The van der Waals surface area contributed by atoms with Gasteiger partial charge in [0.15, 0.2) is 0 Å². The molecule has 2 heterocycles. The molecule has 3 rings (SSSR count). The van der Waals surface area contributed by atoms with Crippen LogP contribution in [-0.4, -0.2) is 39.0 Å². The largest absolute Gasteiger partial charge is 0.294 e. The molecule has 23 heavy (non-hydrogen) atoms. The first kappa shape index (κ1) is 14.8. The number of carbonyl (C=O) groups excluding carboxylic acids is 4. The summed E-state index contributed by atoms with van der Waals surface area (Å²) in [5.74, 6) is -2.94. The number of carbonyl (C=O) groups is 4. The lowest BCUT2D eigenvalue weighted by molar-refractivity contribution is -0.385. The fourth-order valence-corrected chi connectivity index (χ4v) is 2.88. The Hall–Kier alpha value is -3.10. The molecule has 2 aliphatic heterocycles. The van der Waals surface area contributed by atoms with Gasteiger partial charge in [-0.2, -0.15) is 0 Å². The van der Waals surface area contributed by atoms with E-state index in [4.69, 9.17) is 0 Å². The predicted octanol–water partition coefficient (Wildman–Crippen LogP) is 0.386. The molecule has 1 unspecified atom stereocenters. The van der Waals surface area contributed by atoms with Crippen LogP contribution in [-0.2, 0) is 9.59 Å². The normalized spacial score (nSPS) is 23.8. The average molecular weight is 317 g/mol. The number of hydrogen-bond acceptors (Lipinski definition) is 6. The maximum absolute atomic E-state index is 12.6. The van der Waals surface area contributed by atoms with Crippen LogP contribution in [0.15, 0.2) is 18.2 Å². The first-order valence-electron chi connectivity index (χ1n) is 6.78. The molecule has 4 amide bonds. The van der Waals surface area contributed by atoms with Crippen LogP contribution in [0.3, 0.4) is 0 Å². The van der Waals surface area contributed by atoms with E-state index in [1.54, 1.807) is 0 Å². The van der Waals surface area contributed by atoms with Gasteiger partial charge in [-0.1, -0.05) is 6.07 Å². The van der Waals surface area contributed by atoms with Crippen molar-refractivity contribution in [2.24, 2.45) is 0 Å². The number of nitro benzene ring substituents is 1. The SMILES string of the molecule is CC1(N2C(=O)c3cccc([N+](=O)[O-])c3C2=O)CCC(=O)NC1=O. The highest BCUT2D eigenvalue weighted by atomic mass is 16.6. The molecule has 0 bridgehead atoms. The van der Waals surface area contributed by atoms with Gasteiger partial charge in [-0.3, -0.25) is 39.5 Å². The molecular weight excluding hydrogens is 306 g/mol. The molecule has 0 aromatic heterocycles. The first-order valence-corrected chi connectivity index (χ1v) is 6.78. The number of benzene rings is 1. The molecule has 0 radical (unpaired) electrons. The first-order chi connectivity index (χ1) is 10.8. The Labute approximate surface area is 129 Å². The van der Waals surface area contributed by atoms with Crippen LogP contribution in [0.2, 0.25) is 0 Å². The van der Waals surface area contributed by atoms with E-state index in [0.717, 1.165) is 6.07 Å². The molecule has 1 N–H and O–H groups in total. The molecule has 118 valence electrons. The van der Waals surface area contributed by atoms with Crippen molar-refractivity contribution in [1.82, 2.24) is 10.2 Å². The number of nitrogens with zero attached hydrogens (tertiary/aromatic N) is 2. The molecule has 1 saturated heterocycles. The molecule has 0 spiro atoms. The molecule has 9 heteroatoms. The maximum Gasteiger partial charge on any atom is 0.282 e. The minimum absolute atomic E-state index is 0.0300. The Morgan fingerprint density at radius 3 is 2.52 bits per heavy atom. The van der Waals surface area contributed by atoms with Gasteiger partial charge in [0.1, 0.15) is 11.1 Å². The van der Waals surface area contributed by atoms with Crippen LogP contribution in [0.4, 0.5) is 5.69 Å². The number of nitro groups is 1. The summed E-state index contributed by atoms with van der Waals surface area (Å²) in [6, 6.07) is 3.73. The van der Waals surface area contributed by atoms with Gasteiger partial charge in [0.05, 0.1) is 10.5 Å². The zero-order valence-electron chi connectivity index (χ0n) is 12.0. The lowest BCUT2D eigenvalue weighted by Gasteiger charge is -2.37. The molecule has 0 aliphatic carbocycles. The fraction of sp³-hybridized carbons (Fsp3) is 0.286. The van der Waals surface area contributed by atoms with Crippen LogP contribution >= 0.6 is 0 Å². The summed E-state index contributed by atoms with van der Waals surface area (Å²) in [4.78, 5) is 59.6. The standard InChI is InChI=1S/C14H11N3O6/c1-14(6-5-9(18)15-13(14)21)16-11(19)7-3-2-4-8(17(22)23)10(7)12(16)20/h2-4H,5-6H2,1H3,(H,15,18,21). The summed E-state index contributed by atoms with van der Waals surface area (Å²) in [7, 11) is 0. The van der Waals surface area contributed by atoms with E-state index in [1.807, 2.05) is 0 Å². The second kappa shape index (κ2) is 4.70. The quantitative estimate of drug-likeness (QED) is 0.477. The summed E-state index contributed by atoms with van der Waals surface area (Å²) in [6.07, 6.45) is -0.0608. The highest BCUT2D eigenvalue weighted by Gasteiger charge is 2.54. The van der Waals surface area contributed by atoms with Crippen molar-refractivity contribution in [3.63, 3.8) is 0 Å². The van der Waals surface area contributed by atoms with Gasteiger partial charge in [-0.25, -0.2) is 0 Å². The van der Waals surface area contributed by atoms with Crippen LogP contribution < -0.4 is 5.32 Å². The average Bonchev–Trinajstić information content (AvgIpc) is 2.76. The monoisotopic (exact) mass is 317 g/mol. The highest BCUT2D eigenvalue weighted by Crippen LogP contribution is 2.37. The number of piperidine rings is 1. The van der Waals surface area contributed by atoms with E-state index in [1.165, 1.54) is 19.1 Å². The topological polar surface area (TPSA) is 127 Å². The number of rotatable bonds is 2. The third-order valence-corrected chi connectivity index (χ3v) is 4.16. The van der Waals surface area contributed by atoms with Crippen LogP contribution in [0.5, 0.6) is 0 Å². The number of imide groups is 2. The number of fused-ring (bicyclic) bond motifs is 1. The van der Waals surface area contributed by atoms with Gasteiger partial charge in [0.25, 0.3) is 23.4 Å². The molecular formula is C14H11N3O6. The van der Waals surface area contributed by atoms with Crippen LogP contribution in [0, 0.1) is 10.1 Å². The van der Waals surface area contributed by atoms with Crippen molar-refractivity contribution >= 4 is 29.3 Å². The minimum Gasteiger partial charge on any atom is -0.294 e. The van der Waals surface area contributed by atoms with Crippen molar-refractivity contribution in [1.29, 1.82) is 0 Å². The fourth-order valence-electron chi connectivity index (χ4n) is 2.88. The Morgan fingerprint density at radius 1 is 1.22 bits per heavy atom. The summed E-state index contributed by atoms with van der Waals surface area (Å²) in [5, 5.41) is 13.2. The smallest absolute Gasteiger partial charge is 0.282 e. The molecule has 9 nitrogen and oxygen atoms in total. The van der Waals surface area contributed by atoms with Crippen molar-refractivity contribution in [2.45, 2.75) is 25.3 Å². The Bertz CT molecular complexity index is 802. The van der Waals surface area contributed by atoms with E-state index in [0.29, 0.717) is 4.90 Å². The predicted molar refractivity (Wildman–Crippen MR) is 74.4 cm³/mol. The molecule has 2 aliphatic rings. The summed E-state index contributed by atoms with van der Waals surface area (Å²) >= 11 is 0. The Kier molecular flexibility index (Phi) is 3.03. The maximum atomic E-state index is 12.6.